The van der Waals surface area contributed by atoms with Gasteiger partial charge in [-0.05, 0) is 22.4 Å². The highest BCUT2D eigenvalue weighted by Gasteiger charge is 2.00. The van der Waals surface area contributed by atoms with Crippen molar-refractivity contribution in [3.63, 3.8) is 0 Å². The second kappa shape index (κ2) is 3.48. The molecule has 2 aromatic rings. The summed E-state index contributed by atoms with van der Waals surface area (Å²) in [4.78, 5) is 0. The summed E-state index contributed by atoms with van der Waals surface area (Å²) in [7, 11) is 0. The van der Waals surface area contributed by atoms with Gasteiger partial charge in [0.2, 0.25) is 0 Å². The molecule has 0 aliphatic carbocycles. The van der Waals surface area contributed by atoms with Crippen molar-refractivity contribution in [1.29, 1.82) is 0 Å². The lowest BCUT2D eigenvalue weighted by Gasteiger charge is -2.04. The molecule has 0 atom stereocenters. The lowest BCUT2D eigenvalue weighted by Crippen LogP contribution is -1.96. The Kier molecular flexibility index (Phi) is 2.34. The van der Waals surface area contributed by atoms with Crippen molar-refractivity contribution in [2.45, 2.75) is 6.54 Å². The summed E-state index contributed by atoms with van der Waals surface area (Å²) < 4.78 is 1.13. The van der Waals surface area contributed by atoms with Crippen LogP contribution < -0.4 is 5.73 Å². The molecule has 0 spiro atoms. The molecule has 2 aromatic carbocycles. The van der Waals surface area contributed by atoms with E-state index in [9.17, 15) is 0 Å². The fourth-order valence-corrected chi connectivity index (χ4v) is 2.01. The van der Waals surface area contributed by atoms with E-state index in [1.54, 1.807) is 0 Å². The van der Waals surface area contributed by atoms with Crippen LogP contribution in [0.5, 0.6) is 0 Å². The molecule has 0 amide bonds. The van der Waals surface area contributed by atoms with Crippen LogP contribution in [0.4, 0.5) is 0 Å². The van der Waals surface area contributed by atoms with Gasteiger partial charge in [0.15, 0.2) is 0 Å². The highest BCUT2D eigenvalue weighted by Crippen LogP contribution is 2.25. The minimum absolute atomic E-state index is 0.591. The second-order valence-electron chi connectivity index (χ2n) is 2.96. The summed E-state index contributed by atoms with van der Waals surface area (Å²) >= 11 is 3.52. The van der Waals surface area contributed by atoms with Crippen molar-refractivity contribution in [3.05, 3.63) is 46.4 Å². The molecule has 0 aliphatic rings. The van der Waals surface area contributed by atoms with Gasteiger partial charge in [0.25, 0.3) is 0 Å². The maximum absolute atomic E-state index is 5.65. The monoisotopic (exact) mass is 235 g/mol. The van der Waals surface area contributed by atoms with Crippen LogP contribution in [0.2, 0.25) is 0 Å². The topological polar surface area (TPSA) is 26.0 Å². The molecule has 2 heteroatoms. The zero-order valence-corrected chi connectivity index (χ0v) is 8.71. The molecule has 13 heavy (non-hydrogen) atoms. The van der Waals surface area contributed by atoms with Crippen LogP contribution in [0.3, 0.4) is 0 Å². The van der Waals surface area contributed by atoms with Gasteiger partial charge < -0.3 is 5.73 Å². The molecule has 2 N–H and O–H groups in total. The third-order valence-corrected chi connectivity index (χ3v) is 2.87. The minimum Gasteiger partial charge on any atom is -0.326 e. The molecule has 0 aromatic heterocycles. The number of rotatable bonds is 1. The van der Waals surface area contributed by atoms with E-state index in [2.05, 4.69) is 34.1 Å². The number of hydrogen-bond donors (Lipinski definition) is 1. The quantitative estimate of drug-likeness (QED) is 0.808. The van der Waals surface area contributed by atoms with Gasteiger partial charge in [0.1, 0.15) is 0 Å². The van der Waals surface area contributed by atoms with Crippen LogP contribution in [0.15, 0.2) is 40.9 Å². The number of nitrogens with two attached hydrogens (primary N) is 1. The Labute approximate surface area is 85.7 Å². The molecule has 0 bridgehead atoms. The van der Waals surface area contributed by atoms with E-state index in [0.717, 1.165) is 4.47 Å². The second-order valence-corrected chi connectivity index (χ2v) is 3.81. The molecule has 0 aliphatic heterocycles. The number of halogens is 1. The van der Waals surface area contributed by atoms with Crippen LogP contribution in [0, 0.1) is 0 Å². The lowest BCUT2D eigenvalue weighted by molar-refractivity contribution is 1.09. The Hall–Kier alpha value is -0.860. The third-order valence-electron chi connectivity index (χ3n) is 2.18. The number of hydrogen-bond acceptors (Lipinski definition) is 1. The molecule has 0 fully saturated rings. The van der Waals surface area contributed by atoms with Gasteiger partial charge in [0, 0.05) is 11.0 Å². The van der Waals surface area contributed by atoms with Crippen molar-refractivity contribution in [1.82, 2.24) is 0 Å². The van der Waals surface area contributed by atoms with Gasteiger partial charge in [-0.2, -0.15) is 0 Å². The van der Waals surface area contributed by atoms with E-state index in [4.69, 9.17) is 5.73 Å². The fraction of sp³-hybridized carbons (Fsp3) is 0.0909. The highest BCUT2D eigenvalue weighted by atomic mass is 79.9. The van der Waals surface area contributed by atoms with Gasteiger partial charge in [0.05, 0.1) is 0 Å². The zero-order chi connectivity index (χ0) is 9.26. The molecule has 2 rings (SSSR count). The van der Waals surface area contributed by atoms with E-state index >= 15 is 0 Å². The largest absolute Gasteiger partial charge is 0.326 e. The van der Waals surface area contributed by atoms with Crippen LogP contribution in [0.1, 0.15) is 5.56 Å². The summed E-state index contributed by atoms with van der Waals surface area (Å²) in [5, 5.41) is 2.46. The van der Waals surface area contributed by atoms with Crippen LogP contribution in [0.25, 0.3) is 10.8 Å². The van der Waals surface area contributed by atoms with E-state index < -0.39 is 0 Å². The Balaban J connectivity index is 2.84. The molecular weight excluding hydrogens is 226 g/mol. The first-order valence-electron chi connectivity index (χ1n) is 4.19. The molecule has 0 radical (unpaired) electrons. The minimum atomic E-state index is 0.591. The molecular formula is C11H10BrN. The average molecular weight is 236 g/mol. The first-order chi connectivity index (χ1) is 6.33. The highest BCUT2D eigenvalue weighted by molar-refractivity contribution is 9.10. The predicted molar refractivity (Wildman–Crippen MR) is 59.5 cm³/mol. The third kappa shape index (κ3) is 1.47. The van der Waals surface area contributed by atoms with E-state index in [1.807, 2.05) is 18.2 Å². The van der Waals surface area contributed by atoms with Gasteiger partial charge in [-0.1, -0.05) is 46.3 Å². The van der Waals surface area contributed by atoms with Crippen molar-refractivity contribution >= 4 is 26.7 Å². The Bertz CT molecular complexity index is 437. The lowest BCUT2D eigenvalue weighted by atomic mass is 10.1. The molecule has 66 valence electrons. The smallest absolute Gasteiger partial charge is 0.0253 e. The normalized spacial score (nSPS) is 10.6. The van der Waals surface area contributed by atoms with Crippen LogP contribution in [-0.4, -0.2) is 0 Å². The molecule has 0 saturated heterocycles. The Morgan fingerprint density at radius 2 is 1.69 bits per heavy atom. The average Bonchev–Trinajstić information content (AvgIpc) is 2.18. The van der Waals surface area contributed by atoms with Crippen LogP contribution >= 0.6 is 15.9 Å². The molecule has 0 heterocycles. The van der Waals surface area contributed by atoms with Crippen molar-refractivity contribution in [2.75, 3.05) is 0 Å². The Morgan fingerprint density at radius 1 is 1.00 bits per heavy atom. The number of benzene rings is 2. The summed E-state index contributed by atoms with van der Waals surface area (Å²) in [6.07, 6.45) is 0. The van der Waals surface area contributed by atoms with Crippen LogP contribution in [-0.2, 0) is 6.54 Å². The summed E-state index contributed by atoms with van der Waals surface area (Å²) in [5.41, 5.74) is 6.84. The fourth-order valence-electron chi connectivity index (χ4n) is 1.51. The van der Waals surface area contributed by atoms with Gasteiger partial charge in [-0.25, -0.2) is 0 Å². The maximum atomic E-state index is 5.65. The standard InChI is InChI=1S/C11H10BrN/c12-11-6-2-4-9-8(7-13)3-1-5-10(9)11/h1-6H,7,13H2. The van der Waals surface area contributed by atoms with Crippen molar-refractivity contribution in [2.24, 2.45) is 5.73 Å². The maximum Gasteiger partial charge on any atom is 0.0253 e. The zero-order valence-electron chi connectivity index (χ0n) is 7.13. The summed E-state index contributed by atoms with van der Waals surface area (Å²) in [6.45, 7) is 0.591. The van der Waals surface area contributed by atoms with E-state index in [-0.39, 0.29) is 0 Å². The first-order valence-corrected chi connectivity index (χ1v) is 4.98. The summed E-state index contributed by atoms with van der Waals surface area (Å²) in [5.74, 6) is 0. The summed E-state index contributed by atoms with van der Waals surface area (Å²) in [6, 6.07) is 12.4. The van der Waals surface area contributed by atoms with Gasteiger partial charge >= 0.3 is 0 Å². The van der Waals surface area contributed by atoms with Gasteiger partial charge in [-0.3, -0.25) is 0 Å². The van der Waals surface area contributed by atoms with Gasteiger partial charge in [-0.15, -0.1) is 0 Å². The predicted octanol–water partition coefficient (Wildman–Crippen LogP) is 3.06. The SMILES string of the molecule is NCc1cccc2c(Br)cccc12. The number of fused-ring (bicyclic) bond motifs is 1. The van der Waals surface area contributed by atoms with Crippen molar-refractivity contribution < 1.29 is 0 Å². The Morgan fingerprint density at radius 3 is 2.46 bits per heavy atom. The molecule has 0 unspecified atom stereocenters. The van der Waals surface area contributed by atoms with E-state index in [0.29, 0.717) is 6.54 Å². The molecule has 1 nitrogen and oxygen atoms in total. The van der Waals surface area contributed by atoms with Crippen molar-refractivity contribution in [3.8, 4) is 0 Å². The molecule has 0 saturated carbocycles. The van der Waals surface area contributed by atoms with E-state index in [1.165, 1.54) is 16.3 Å². The first kappa shape index (κ1) is 8.73.